The monoisotopic (exact) mass is 224 g/mol. The van der Waals surface area contributed by atoms with Crippen molar-refractivity contribution < 1.29 is 0 Å². The fourth-order valence-corrected chi connectivity index (χ4v) is 3.22. The molecule has 2 heteroatoms. The second-order valence-electron chi connectivity index (χ2n) is 6.35. The highest BCUT2D eigenvalue weighted by Crippen LogP contribution is 2.31. The van der Waals surface area contributed by atoms with Gasteiger partial charge >= 0.3 is 0 Å². The average molecular weight is 224 g/mol. The zero-order chi connectivity index (χ0) is 11.7. The summed E-state index contributed by atoms with van der Waals surface area (Å²) in [6, 6.07) is 2.45. The van der Waals surface area contributed by atoms with Crippen molar-refractivity contribution in [2.24, 2.45) is 5.92 Å². The normalized spacial score (nSPS) is 31.9. The highest BCUT2D eigenvalue weighted by atomic mass is 15.3. The van der Waals surface area contributed by atoms with E-state index in [1.54, 1.807) is 0 Å². The fourth-order valence-electron chi connectivity index (χ4n) is 3.22. The molecule has 2 unspecified atom stereocenters. The van der Waals surface area contributed by atoms with Crippen LogP contribution in [0.15, 0.2) is 0 Å². The van der Waals surface area contributed by atoms with Crippen LogP contribution in [0.4, 0.5) is 0 Å². The lowest BCUT2D eigenvalue weighted by Gasteiger charge is -2.43. The Labute approximate surface area is 101 Å². The first kappa shape index (κ1) is 12.4. The van der Waals surface area contributed by atoms with Crippen LogP contribution < -0.4 is 0 Å². The van der Waals surface area contributed by atoms with Crippen LogP contribution in [0.1, 0.15) is 47.0 Å². The van der Waals surface area contributed by atoms with Gasteiger partial charge < -0.3 is 0 Å². The van der Waals surface area contributed by atoms with Gasteiger partial charge in [0.1, 0.15) is 0 Å². The maximum Gasteiger partial charge on any atom is 0.0227 e. The predicted molar refractivity (Wildman–Crippen MR) is 69.7 cm³/mol. The van der Waals surface area contributed by atoms with Gasteiger partial charge in [-0.3, -0.25) is 9.80 Å². The Hall–Kier alpha value is -0.0800. The molecule has 0 radical (unpaired) electrons. The molecule has 2 rings (SSSR count). The average Bonchev–Trinajstić information content (AvgIpc) is 2.46. The van der Waals surface area contributed by atoms with Gasteiger partial charge in [-0.05, 0) is 45.6 Å². The Morgan fingerprint density at radius 1 is 1.00 bits per heavy atom. The van der Waals surface area contributed by atoms with E-state index in [4.69, 9.17) is 0 Å². The summed E-state index contributed by atoms with van der Waals surface area (Å²) in [5.74, 6) is 0.850. The molecule has 16 heavy (non-hydrogen) atoms. The van der Waals surface area contributed by atoms with E-state index >= 15 is 0 Å². The van der Waals surface area contributed by atoms with Crippen molar-refractivity contribution in [1.82, 2.24) is 9.80 Å². The zero-order valence-corrected chi connectivity index (χ0v) is 11.4. The van der Waals surface area contributed by atoms with Gasteiger partial charge in [-0.15, -0.1) is 0 Å². The number of nitrogens with zero attached hydrogens (tertiary/aromatic N) is 2. The summed E-state index contributed by atoms with van der Waals surface area (Å²) in [6.07, 6.45) is 4.24. The molecule has 0 saturated carbocycles. The molecule has 2 aliphatic heterocycles. The summed E-state index contributed by atoms with van der Waals surface area (Å²) in [7, 11) is 0. The molecule has 0 aromatic heterocycles. The second kappa shape index (κ2) is 5.05. The smallest absolute Gasteiger partial charge is 0.0227 e. The summed E-state index contributed by atoms with van der Waals surface area (Å²) < 4.78 is 0. The highest BCUT2D eigenvalue weighted by Gasteiger charge is 2.39. The van der Waals surface area contributed by atoms with Crippen LogP contribution in [0.25, 0.3) is 0 Å². The molecule has 0 amide bonds. The minimum absolute atomic E-state index is 0.732. The number of hydrogen-bond acceptors (Lipinski definition) is 2. The summed E-state index contributed by atoms with van der Waals surface area (Å²) in [4.78, 5) is 5.48. The molecule has 2 aliphatic rings. The summed E-state index contributed by atoms with van der Waals surface area (Å²) >= 11 is 0. The molecular weight excluding hydrogens is 196 g/mol. The van der Waals surface area contributed by atoms with E-state index in [0.717, 1.165) is 24.0 Å². The SMILES string of the molecule is CC(C)CCN1C2CCC1CN(C(C)C)C2. The summed E-state index contributed by atoms with van der Waals surface area (Å²) in [5, 5.41) is 0. The molecule has 2 nitrogen and oxygen atoms in total. The van der Waals surface area contributed by atoms with E-state index < -0.39 is 0 Å². The van der Waals surface area contributed by atoms with E-state index in [1.165, 1.54) is 38.9 Å². The van der Waals surface area contributed by atoms with Crippen LogP contribution >= 0.6 is 0 Å². The standard InChI is InChI=1S/C14H28N2/c1-11(2)7-8-16-13-5-6-14(16)10-15(9-13)12(3)4/h11-14H,5-10H2,1-4H3. The van der Waals surface area contributed by atoms with Gasteiger partial charge in [0.25, 0.3) is 0 Å². The third-order valence-corrected chi connectivity index (χ3v) is 4.36. The predicted octanol–water partition coefficient (Wildman–Crippen LogP) is 2.59. The van der Waals surface area contributed by atoms with Crippen LogP contribution in [0, 0.1) is 5.92 Å². The molecule has 2 atom stereocenters. The Kier molecular flexibility index (Phi) is 3.91. The Balaban J connectivity index is 1.89. The molecule has 0 aliphatic carbocycles. The van der Waals surface area contributed by atoms with Crippen LogP contribution in [-0.4, -0.2) is 47.6 Å². The summed E-state index contributed by atoms with van der Waals surface area (Å²) in [5.41, 5.74) is 0. The van der Waals surface area contributed by atoms with E-state index in [9.17, 15) is 0 Å². The number of likely N-dealkylation sites (tertiary alicyclic amines) is 1. The number of piperazine rings is 1. The van der Waals surface area contributed by atoms with Crippen molar-refractivity contribution in [1.29, 1.82) is 0 Å². The molecule has 2 heterocycles. The third kappa shape index (κ3) is 2.60. The van der Waals surface area contributed by atoms with Gasteiger partial charge in [-0.2, -0.15) is 0 Å². The molecule has 0 aromatic carbocycles. The van der Waals surface area contributed by atoms with Crippen molar-refractivity contribution in [3.63, 3.8) is 0 Å². The maximum atomic E-state index is 2.80. The van der Waals surface area contributed by atoms with E-state index in [1.807, 2.05) is 0 Å². The topological polar surface area (TPSA) is 6.48 Å². The van der Waals surface area contributed by atoms with Crippen LogP contribution in [0.2, 0.25) is 0 Å². The van der Waals surface area contributed by atoms with Crippen molar-refractivity contribution in [3.8, 4) is 0 Å². The third-order valence-electron chi connectivity index (χ3n) is 4.36. The molecule has 2 fully saturated rings. The van der Waals surface area contributed by atoms with Crippen LogP contribution in [-0.2, 0) is 0 Å². The van der Waals surface area contributed by atoms with Crippen molar-refractivity contribution in [3.05, 3.63) is 0 Å². The molecule has 94 valence electrons. The largest absolute Gasteiger partial charge is 0.298 e. The first-order chi connectivity index (χ1) is 7.58. The van der Waals surface area contributed by atoms with Crippen molar-refractivity contribution in [2.45, 2.75) is 65.1 Å². The van der Waals surface area contributed by atoms with E-state index in [2.05, 4.69) is 37.5 Å². The fraction of sp³-hybridized carbons (Fsp3) is 1.00. The van der Waals surface area contributed by atoms with Crippen molar-refractivity contribution >= 4 is 0 Å². The first-order valence-corrected chi connectivity index (χ1v) is 7.07. The Morgan fingerprint density at radius 2 is 1.56 bits per heavy atom. The zero-order valence-electron chi connectivity index (χ0n) is 11.4. The lowest BCUT2D eigenvalue weighted by atomic mass is 10.1. The Bertz CT molecular complexity index is 211. The quantitative estimate of drug-likeness (QED) is 0.724. The van der Waals surface area contributed by atoms with Crippen LogP contribution in [0.5, 0.6) is 0 Å². The maximum absolute atomic E-state index is 2.80. The molecule has 2 saturated heterocycles. The lowest BCUT2D eigenvalue weighted by Crippen LogP contribution is -2.55. The van der Waals surface area contributed by atoms with Crippen LogP contribution in [0.3, 0.4) is 0 Å². The Morgan fingerprint density at radius 3 is 2.00 bits per heavy atom. The van der Waals surface area contributed by atoms with E-state index in [-0.39, 0.29) is 0 Å². The summed E-state index contributed by atoms with van der Waals surface area (Å²) in [6.45, 7) is 13.3. The number of fused-ring (bicyclic) bond motifs is 2. The van der Waals surface area contributed by atoms with Gasteiger partial charge in [0.05, 0.1) is 0 Å². The molecule has 0 spiro atoms. The number of hydrogen-bond donors (Lipinski definition) is 0. The highest BCUT2D eigenvalue weighted by molar-refractivity contribution is 4.96. The van der Waals surface area contributed by atoms with Gasteiger partial charge in [0, 0.05) is 31.2 Å². The van der Waals surface area contributed by atoms with Gasteiger partial charge in [0.15, 0.2) is 0 Å². The first-order valence-electron chi connectivity index (χ1n) is 7.07. The minimum Gasteiger partial charge on any atom is -0.298 e. The van der Waals surface area contributed by atoms with Gasteiger partial charge in [-0.25, -0.2) is 0 Å². The molecular formula is C14H28N2. The minimum atomic E-state index is 0.732. The van der Waals surface area contributed by atoms with Gasteiger partial charge in [0.2, 0.25) is 0 Å². The molecule has 2 bridgehead atoms. The molecule has 0 aromatic rings. The van der Waals surface area contributed by atoms with Crippen molar-refractivity contribution in [2.75, 3.05) is 19.6 Å². The lowest BCUT2D eigenvalue weighted by molar-refractivity contribution is 0.0466. The van der Waals surface area contributed by atoms with E-state index in [0.29, 0.717) is 0 Å². The second-order valence-corrected chi connectivity index (χ2v) is 6.35. The number of rotatable bonds is 4. The molecule has 0 N–H and O–H groups in total. The van der Waals surface area contributed by atoms with Gasteiger partial charge in [-0.1, -0.05) is 13.8 Å².